The molecule has 0 fully saturated rings. The average Bonchev–Trinajstić information content (AvgIpc) is 3.07. The summed E-state index contributed by atoms with van der Waals surface area (Å²) in [4.78, 5) is 13.1. The van der Waals surface area contributed by atoms with Crippen LogP contribution in [0.2, 0.25) is 10.0 Å². The lowest BCUT2D eigenvalue weighted by Crippen LogP contribution is -2.25. The van der Waals surface area contributed by atoms with Gasteiger partial charge in [0.25, 0.3) is 0 Å². The van der Waals surface area contributed by atoms with Gasteiger partial charge in [0.1, 0.15) is 17.3 Å². The molecule has 30 heavy (non-hydrogen) atoms. The molecule has 1 N–H and O–H groups in total. The summed E-state index contributed by atoms with van der Waals surface area (Å²) in [6.07, 6.45) is 1.79. The van der Waals surface area contributed by atoms with Crippen molar-refractivity contribution in [2.75, 3.05) is 19.7 Å². The number of halogens is 2. The van der Waals surface area contributed by atoms with E-state index in [1.807, 2.05) is 36.4 Å². The molecule has 0 bridgehead atoms. The van der Waals surface area contributed by atoms with Crippen molar-refractivity contribution in [1.82, 2.24) is 4.90 Å². The van der Waals surface area contributed by atoms with Crippen molar-refractivity contribution in [2.24, 2.45) is 0 Å². The van der Waals surface area contributed by atoms with E-state index < -0.39 is 5.97 Å². The molecule has 0 amide bonds. The summed E-state index contributed by atoms with van der Waals surface area (Å²) in [6, 6.07) is 15.1. The van der Waals surface area contributed by atoms with Crippen molar-refractivity contribution >= 4 is 29.2 Å². The van der Waals surface area contributed by atoms with Crippen molar-refractivity contribution in [2.45, 2.75) is 19.4 Å². The van der Waals surface area contributed by atoms with Crippen molar-refractivity contribution in [3.8, 4) is 17.1 Å². The zero-order chi connectivity index (χ0) is 21.1. The molecule has 2 heterocycles. The average molecular weight is 446 g/mol. The molecule has 0 radical (unpaired) electrons. The van der Waals surface area contributed by atoms with Crippen LogP contribution >= 0.6 is 23.2 Å². The number of nitrogens with zero attached hydrogens (tertiary/aromatic N) is 1. The number of benzene rings is 2. The largest absolute Gasteiger partial charge is 0.482 e. The van der Waals surface area contributed by atoms with E-state index in [2.05, 4.69) is 4.90 Å². The lowest BCUT2D eigenvalue weighted by atomic mass is 10.0. The van der Waals surface area contributed by atoms with E-state index >= 15 is 0 Å². The number of carboxylic acids is 1. The van der Waals surface area contributed by atoms with Crippen LogP contribution in [0.1, 0.15) is 16.9 Å². The van der Waals surface area contributed by atoms with Crippen LogP contribution in [-0.4, -0.2) is 35.7 Å². The number of hydrogen-bond donors (Lipinski definition) is 1. The number of fused-ring (bicyclic) bond motifs is 1. The lowest BCUT2D eigenvalue weighted by Gasteiger charge is -2.18. The third-order valence-electron chi connectivity index (χ3n) is 5.17. The Bertz CT molecular complexity index is 1060. The van der Waals surface area contributed by atoms with E-state index in [1.54, 1.807) is 12.1 Å². The second-order valence-corrected chi connectivity index (χ2v) is 8.12. The Labute approximate surface area is 184 Å². The van der Waals surface area contributed by atoms with Crippen LogP contribution in [-0.2, 0) is 24.2 Å². The van der Waals surface area contributed by atoms with Crippen LogP contribution < -0.4 is 4.74 Å². The van der Waals surface area contributed by atoms with Crippen molar-refractivity contribution in [3.05, 3.63) is 75.5 Å². The second kappa shape index (κ2) is 9.13. The van der Waals surface area contributed by atoms with E-state index in [-0.39, 0.29) is 6.61 Å². The number of ether oxygens (including phenoxy) is 1. The van der Waals surface area contributed by atoms with Crippen LogP contribution in [0.3, 0.4) is 0 Å². The van der Waals surface area contributed by atoms with Crippen LogP contribution in [0.15, 0.2) is 52.9 Å². The maximum absolute atomic E-state index is 10.7. The molecular weight excluding hydrogens is 425 g/mol. The fourth-order valence-corrected chi connectivity index (χ4v) is 4.16. The number of furan rings is 1. The first-order valence-electron chi connectivity index (χ1n) is 9.71. The maximum atomic E-state index is 10.7. The first kappa shape index (κ1) is 20.8. The Morgan fingerprint density at radius 2 is 1.83 bits per heavy atom. The minimum atomic E-state index is -0.978. The van der Waals surface area contributed by atoms with Crippen LogP contribution in [0, 0.1) is 0 Å². The van der Waals surface area contributed by atoms with Crippen molar-refractivity contribution in [1.29, 1.82) is 0 Å². The van der Waals surface area contributed by atoms with Crippen LogP contribution in [0.5, 0.6) is 5.75 Å². The summed E-state index contributed by atoms with van der Waals surface area (Å²) in [5.74, 6) is 1.23. The normalized spacial score (nSPS) is 14.2. The van der Waals surface area contributed by atoms with E-state index in [4.69, 9.17) is 37.5 Å². The van der Waals surface area contributed by atoms with E-state index in [0.717, 1.165) is 43.0 Å². The van der Waals surface area contributed by atoms with Crippen molar-refractivity contribution in [3.63, 3.8) is 0 Å². The minimum absolute atomic E-state index is 0.330. The van der Waals surface area contributed by atoms with Gasteiger partial charge in [-0.3, -0.25) is 4.90 Å². The molecule has 156 valence electrons. The molecule has 2 aromatic carbocycles. The third-order valence-corrected chi connectivity index (χ3v) is 5.72. The van der Waals surface area contributed by atoms with Crippen molar-refractivity contribution < 1.29 is 19.1 Å². The Morgan fingerprint density at radius 1 is 1.03 bits per heavy atom. The van der Waals surface area contributed by atoms with Gasteiger partial charge in [0.15, 0.2) is 6.61 Å². The van der Waals surface area contributed by atoms with E-state index in [1.165, 1.54) is 11.1 Å². The summed E-state index contributed by atoms with van der Waals surface area (Å²) in [5.41, 5.74) is 3.30. The zero-order valence-electron chi connectivity index (χ0n) is 16.2. The molecule has 0 saturated heterocycles. The van der Waals surface area contributed by atoms with E-state index in [9.17, 15) is 4.79 Å². The van der Waals surface area contributed by atoms with Gasteiger partial charge in [-0.2, -0.15) is 0 Å². The second-order valence-electron chi connectivity index (χ2n) is 7.28. The quantitative estimate of drug-likeness (QED) is 0.556. The molecule has 0 atom stereocenters. The summed E-state index contributed by atoms with van der Waals surface area (Å²) in [5, 5.41) is 9.94. The molecule has 7 heteroatoms. The number of carbonyl (C=O) groups is 1. The molecule has 1 aliphatic heterocycles. The molecule has 1 aromatic heterocycles. The number of hydrogen-bond acceptors (Lipinski definition) is 4. The van der Waals surface area contributed by atoms with Gasteiger partial charge in [-0.1, -0.05) is 29.3 Å². The third kappa shape index (κ3) is 4.98. The lowest BCUT2D eigenvalue weighted by molar-refractivity contribution is -0.139. The van der Waals surface area contributed by atoms with Crippen LogP contribution in [0.4, 0.5) is 0 Å². The molecule has 3 aromatic rings. The van der Waals surface area contributed by atoms with Gasteiger partial charge in [0.05, 0.1) is 11.6 Å². The summed E-state index contributed by atoms with van der Waals surface area (Å²) in [6.45, 7) is 2.18. The molecule has 0 saturated carbocycles. The molecule has 5 nitrogen and oxygen atoms in total. The first-order chi connectivity index (χ1) is 14.5. The van der Waals surface area contributed by atoms with Gasteiger partial charge < -0.3 is 14.3 Å². The van der Waals surface area contributed by atoms with E-state index in [0.29, 0.717) is 22.3 Å². The summed E-state index contributed by atoms with van der Waals surface area (Å²) in [7, 11) is 0. The topological polar surface area (TPSA) is 62.9 Å². The Morgan fingerprint density at radius 3 is 2.60 bits per heavy atom. The molecule has 4 rings (SSSR count). The Kier molecular flexibility index (Phi) is 6.32. The van der Waals surface area contributed by atoms with Gasteiger partial charge in [-0.15, -0.1) is 0 Å². The minimum Gasteiger partial charge on any atom is -0.482 e. The Hall–Kier alpha value is -2.47. The van der Waals surface area contributed by atoms with Gasteiger partial charge in [0.2, 0.25) is 0 Å². The predicted octanol–water partition coefficient (Wildman–Crippen LogP) is 5.32. The van der Waals surface area contributed by atoms with Crippen LogP contribution in [0.25, 0.3) is 11.3 Å². The predicted molar refractivity (Wildman–Crippen MR) is 116 cm³/mol. The number of aliphatic carboxylic acids is 1. The standard InChI is InChI=1S/C23H21Cl2NO4/c24-17-2-5-20(21(25)12-17)22-6-4-19(30-22)13-26-9-7-15-1-3-18(29-14-23(27)28)11-16(15)8-10-26/h1-6,11-12H,7-10,13-14H2,(H,27,28). The SMILES string of the molecule is O=C(O)COc1ccc2c(c1)CCN(Cc1ccc(-c3ccc(Cl)cc3Cl)o1)CC2. The number of rotatable bonds is 6. The monoisotopic (exact) mass is 445 g/mol. The molecule has 1 aliphatic rings. The smallest absolute Gasteiger partial charge is 0.341 e. The summed E-state index contributed by atoms with van der Waals surface area (Å²) >= 11 is 12.3. The van der Waals surface area contributed by atoms with Gasteiger partial charge in [-0.25, -0.2) is 4.79 Å². The zero-order valence-corrected chi connectivity index (χ0v) is 17.7. The molecule has 0 unspecified atom stereocenters. The highest BCUT2D eigenvalue weighted by Gasteiger charge is 2.17. The van der Waals surface area contributed by atoms with Gasteiger partial charge in [0, 0.05) is 23.7 Å². The van der Waals surface area contributed by atoms with Gasteiger partial charge >= 0.3 is 5.97 Å². The highest BCUT2D eigenvalue weighted by molar-refractivity contribution is 6.36. The fraction of sp³-hybridized carbons (Fsp3) is 0.261. The highest BCUT2D eigenvalue weighted by atomic mass is 35.5. The fourth-order valence-electron chi connectivity index (χ4n) is 3.66. The van der Waals surface area contributed by atoms with Gasteiger partial charge in [-0.05, 0) is 66.4 Å². The first-order valence-corrected chi connectivity index (χ1v) is 10.5. The molecular formula is C23H21Cl2NO4. The highest BCUT2D eigenvalue weighted by Crippen LogP contribution is 2.32. The number of carboxylic acid groups (broad SMARTS) is 1. The summed E-state index contributed by atoms with van der Waals surface area (Å²) < 4.78 is 11.4. The molecule has 0 spiro atoms. The maximum Gasteiger partial charge on any atom is 0.341 e. The Balaban J connectivity index is 1.41. The molecule has 0 aliphatic carbocycles.